The standard InChI is InChI=1S/C20H27NO3/c1-2-24-17-14-16(22)20(17)10-12-21(13-11-20)18(23)19(8-9-19)15-6-4-3-5-7-15/h3-7,16-17,22H,2,8-14H2,1H3/t16-,17+/m1/s1. The first-order valence-electron chi connectivity index (χ1n) is 9.27. The van der Waals surface area contributed by atoms with Crippen LogP contribution in [-0.4, -0.2) is 47.8 Å². The Labute approximate surface area is 143 Å². The van der Waals surface area contributed by atoms with Crippen LogP contribution in [-0.2, 0) is 14.9 Å². The molecule has 1 amide bonds. The molecule has 1 aromatic carbocycles. The Morgan fingerprint density at radius 1 is 1.21 bits per heavy atom. The lowest BCUT2D eigenvalue weighted by atomic mass is 9.58. The molecule has 3 aliphatic rings. The Bertz CT molecular complexity index is 601. The van der Waals surface area contributed by atoms with Gasteiger partial charge in [-0.25, -0.2) is 0 Å². The molecule has 24 heavy (non-hydrogen) atoms. The molecule has 1 aliphatic heterocycles. The summed E-state index contributed by atoms with van der Waals surface area (Å²) < 4.78 is 5.82. The molecule has 4 heteroatoms. The highest BCUT2D eigenvalue weighted by molar-refractivity contribution is 5.91. The monoisotopic (exact) mass is 329 g/mol. The van der Waals surface area contributed by atoms with Crippen LogP contribution in [0.4, 0.5) is 0 Å². The molecule has 1 saturated heterocycles. The quantitative estimate of drug-likeness (QED) is 0.923. The van der Waals surface area contributed by atoms with Gasteiger partial charge in [0.2, 0.25) is 5.91 Å². The van der Waals surface area contributed by atoms with Gasteiger partial charge in [0.15, 0.2) is 0 Å². The zero-order valence-electron chi connectivity index (χ0n) is 14.4. The van der Waals surface area contributed by atoms with E-state index in [0.29, 0.717) is 6.61 Å². The van der Waals surface area contributed by atoms with Crippen LogP contribution >= 0.6 is 0 Å². The summed E-state index contributed by atoms with van der Waals surface area (Å²) in [6.07, 6.45) is 4.28. The van der Waals surface area contributed by atoms with E-state index in [1.807, 2.05) is 30.0 Å². The Balaban J connectivity index is 1.44. The van der Waals surface area contributed by atoms with E-state index in [0.717, 1.165) is 50.8 Å². The summed E-state index contributed by atoms with van der Waals surface area (Å²) >= 11 is 0. The molecule has 4 rings (SSSR count). The SMILES string of the molecule is CCO[C@H]1C[C@@H](O)C12CCN(C(=O)C1(c3ccccc3)CC1)CC2. The minimum Gasteiger partial charge on any atom is -0.392 e. The number of benzene rings is 1. The molecule has 1 heterocycles. The molecule has 130 valence electrons. The molecule has 1 aromatic rings. The highest BCUT2D eigenvalue weighted by atomic mass is 16.5. The van der Waals surface area contributed by atoms with Gasteiger partial charge in [-0.2, -0.15) is 0 Å². The Kier molecular flexibility index (Phi) is 3.92. The molecule has 0 radical (unpaired) electrons. The van der Waals surface area contributed by atoms with Crippen molar-refractivity contribution in [1.29, 1.82) is 0 Å². The van der Waals surface area contributed by atoms with Gasteiger partial charge in [0.1, 0.15) is 0 Å². The van der Waals surface area contributed by atoms with Gasteiger partial charge in [-0.15, -0.1) is 0 Å². The molecular formula is C20H27NO3. The second-order valence-corrected chi connectivity index (χ2v) is 7.67. The highest BCUT2D eigenvalue weighted by Crippen LogP contribution is 2.53. The van der Waals surface area contributed by atoms with E-state index in [2.05, 4.69) is 12.1 Å². The van der Waals surface area contributed by atoms with Crippen molar-refractivity contribution in [3.63, 3.8) is 0 Å². The Hall–Kier alpha value is -1.39. The third kappa shape index (κ3) is 2.31. The summed E-state index contributed by atoms with van der Waals surface area (Å²) in [5, 5.41) is 10.3. The van der Waals surface area contributed by atoms with Crippen molar-refractivity contribution in [3.8, 4) is 0 Å². The lowest BCUT2D eigenvalue weighted by Crippen LogP contribution is -2.63. The van der Waals surface area contributed by atoms with Crippen LogP contribution < -0.4 is 0 Å². The van der Waals surface area contributed by atoms with Gasteiger partial charge in [0.25, 0.3) is 0 Å². The van der Waals surface area contributed by atoms with E-state index in [1.54, 1.807) is 0 Å². The first-order chi connectivity index (χ1) is 11.6. The summed E-state index contributed by atoms with van der Waals surface area (Å²) in [6, 6.07) is 10.2. The van der Waals surface area contributed by atoms with Crippen LogP contribution in [0.15, 0.2) is 30.3 Å². The largest absolute Gasteiger partial charge is 0.392 e. The molecule has 0 unspecified atom stereocenters. The van der Waals surface area contributed by atoms with E-state index in [-0.39, 0.29) is 28.9 Å². The van der Waals surface area contributed by atoms with Crippen molar-refractivity contribution in [2.75, 3.05) is 19.7 Å². The Morgan fingerprint density at radius 3 is 2.42 bits per heavy atom. The van der Waals surface area contributed by atoms with Gasteiger partial charge in [0, 0.05) is 31.5 Å². The topological polar surface area (TPSA) is 49.8 Å². The number of hydrogen-bond acceptors (Lipinski definition) is 3. The van der Waals surface area contributed by atoms with Crippen LogP contribution in [0.3, 0.4) is 0 Å². The second kappa shape index (κ2) is 5.85. The number of carbonyl (C=O) groups excluding carboxylic acids is 1. The van der Waals surface area contributed by atoms with E-state index in [9.17, 15) is 9.90 Å². The first kappa shape index (κ1) is 16.1. The number of amides is 1. The number of ether oxygens (including phenoxy) is 1. The molecule has 1 spiro atoms. The summed E-state index contributed by atoms with van der Waals surface area (Å²) in [5.41, 5.74) is 0.769. The molecule has 0 bridgehead atoms. The van der Waals surface area contributed by atoms with Crippen LogP contribution in [0.5, 0.6) is 0 Å². The molecule has 4 nitrogen and oxygen atoms in total. The molecular weight excluding hydrogens is 302 g/mol. The molecule has 2 aliphatic carbocycles. The molecule has 2 saturated carbocycles. The van der Waals surface area contributed by atoms with Crippen molar-refractivity contribution in [3.05, 3.63) is 35.9 Å². The first-order valence-corrected chi connectivity index (χ1v) is 9.27. The van der Waals surface area contributed by atoms with Crippen molar-refractivity contribution in [2.45, 2.75) is 56.7 Å². The smallest absolute Gasteiger partial charge is 0.233 e. The molecule has 0 aromatic heterocycles. The van der Waals surface area contributed by atoms with Crippen LogP contribution in [0.2, 0.25) is 0 Å². The number of carbonyl (C=O) groups is 1. The lowest BCUT2D eigenvalue weighted by molar-refractivity contribution is -0.210. The number of rotatable bonds is 4. The molecule has 3 fully saturated rings. The fourth-order valence-electron chi connectivity index (χ4n) is 4.75. The maximum absolute atomic E-state index is 13.1. The number of piperidine rings is 1. The number of hydrogen-bond donors (Lipinski definition) is 1. The number of likely N-dealkylation sites (tertiary alicyclic amines) is 1. The Morgan fingerprint density at radius 2 is 1.88 bits per heavy atom. The van der Waals surface area contributed by atoms with Crippen LogP contribution in [0, 0.1) is 5.41 Å². The highest BCUT2D eigenvalue weighted by Gasteiger charge is 2.58. The zero-order chi connectivity index (χ0) is 16.8. The minimum atomic E-state index is -0.274. The number of nitrogens with zero attached hydrogens (tertiary/aromatic N) is 1. The summed E-state index contributed by atoms with van der Waals surface area (Å²) in [6.45, 7) is 4.19. The van der Waals surface area contributed by atoms with Gasteiger partial charge >= 0.3 is 0 Å². The minimum absolute atomic E-state index is 0.115. The summed E-state index contributed by atoms with van der Waals surface area (Å²) in [5.74, 6) is 0.283. The van der Waals surface area contributed by atoms with E-state index in [1.165, 1.54) is 0 Å². The van der Waals surface area contributed by atoms with Gasteiger partial charge in [-0.3, -0.25) is 4.79 Å². The van der Waals surface area contributed by atoms with E-state index < -0.39 is 0 Å². The lowest BCUT2D eigenvalue weighted by Gasteiger charge is -2.56. The van der Waals surface area contributed by atoms with Crippen LogP contribution in [0.25, 0.3) is 0 Å². The normalized spacial score (nSPS) is 30.0. The predicted octanol–water partition coefficient (Wildman–Crippen LogP) is 2.50. The van der Waals surface area contributed by atoms with Crippen molar-refractivity contribution in [1.82, 2.24) is 4.90 Å². The number of aliphatic hydroxyl groups is 1. The van der Waals surface area contributed by atoms with Gasteiger partial charge in [0.05, 0.1) is 17.6 Å². The maximum atomic E-state index is 13.1. The van der Waals surface area contributed by atoms with E-state index in [4.69, 9.17) is 4.74 Å². The predicted molar refractivity (Wildman–Crippen MR) is 91.6 cm³/mol. The average Bonchev–Trinajstić information content (AvgIpc) is 3.44. The molecule has 2 atom stereocenters. The van der Waals surface area contributed by atoms with E-state index >= 15 is 0 Å². The van der Waals surface area contributed by atoms with Crippen molar-refractivity contribution < 1.29 is 14.6 Å². The maximum Gasteiger partial charge on any atom is 0.233 e. The van der Waals surface area contributed by atoms with Crippen molar-refractivity contribution >= 4 is 5.91 Å². The van der Waals surface area contributed by atoms with Crippen LogP contribution in [0.1, 0.15) is 44.6 Å². The zero-order valence-corrected chi connectivity index (χ0v) is 14.4. The fraction of sp³-hybridized carbons (Fsp3) is 0.650. The second-order valence-electron chi connectivity index (χ2n) is 7.67. The van der Waals surface area contributed by atoms with Gasteiger partial charge in [-0.1, -0.05) is 30.3 Å². The number of aliphatic hydroxyl groups excluding tert-OH is 1. The summed E-state index contributed by atoms with van der Waals surface area (Å²) in [4.78, 5) is 15.1. The van der Waals surface area contributed by atoms with Gasteiger partial charge < -0.3 is 14.7 Å². The third-order valence-electron chi connectivity index (χ3n) is 6.58. The average molecular weight is 329 g/mol. The third-order valence-corrected chi connectivity index (χ3v) is 6.58. The van der Waals surface area contributed by atoms with Gasteiger partial charge in [-0.05, 0) is 38.2 Å². The molecule has 1 N–H and O–H groups in total. The van der Waals surface area contributed by atoms with Crippen molar-refractivity contribution in [2.24, 2.45) is 5.41 Å². The summed E-state index contributed by atoms with van der Waals surface area (Å²) in [7, 11) is 0. The fourth-order valence-corrected chi connectivity index (χ4v) is 4.75.